The lowest BCUT2D eigenvalue weighted by Crippen LogP contribution is -2.25. The molecule has 1 fully saturated rings. The van der Waals surface area contributed by atoms with Gasteiger partial charge in [-0.15, -0.1) is 0 Å². The Bertz CT molecular complexity index is 180. The Morgan fingerprint density at radius 2 is 2.38 bits per heavy atom. The third-order valence-electron chi connectivity index (χ3n) is 2.51. The van der Waals surface area contributed by atoms with Gasteiger partial charge in [0.1, 0.15) is 0 Å². The fourth-order valence-corrected chi connectivity index (χ4v) is 1.62. The molecule has 0 aromatic rings. The van der Waals surface area contributed by atoms with E-state index in [1.165, 1.54) is 0 Å². The molecule has 0 saturated carbocycles. The van der Waals surface area contributed by atoms with E-state index in [1.54, 1.807) is 0 Å². The number of nitrogens with zero attached hydrogens (tertiary/aromatic N) is 1. The zero-order valence-corrected chi connectivity index (χ0v) is 8.62. The van der Waals surface area contributed by atoms with Gasteiger partial charge in [0.2, 0.25) is 0 Å². The first-order valence-electron chi connectivity index (χ1n) is 5.12. The molecule has 1 rings (SSSR count). The molecule has 0 bridgehead atoms. The minimum absolute atomic E-state index is 0.400. The number of hydrogen-bond donors (Lipinski definition) is 1. The molecule has 0 aromatic carbocycles. The van der Waals surface area contributed by atoms with Crippen molar-refractivity contribution < 1.29 is 4.74 Å². The van der Waals surface area contributed by atoms with Crippen LogP contribution in [0.5, 0.6) is 0 Å². The van der Waals surface area contributed by atoms with E-state index in [9.17, 15) is 0 Å². The van der Waals surface area contributed by atoms with Gasteiger partial charge in [-0.05, 0) is 25.7 Å². The lowest BCUT2D eigenvalue weighted by Gasteiger charge is -2.25. The van der Waals surface area contributed by atoms with Gasteiger partial charge in [0.15, 0.2) is 0 Å². The van der Waals surface area contributed by atoms with Crippen molar-refractivity contribution in [2.75, 3.05) is 13.2 Å². The highest BCUT2D eigenvalue weighted by Gasteiger charge is 2.18. The summed E-state index contributed by atoms with van der Waals surface area (Å²) in [5, 5.41) is 0. The summed E-state index contributed by atoms with van der Waals surface area (Å²) >= 11 is 0. The third-order valence-corrected chi connectivity index (χ3v) is 2.51. The molecule has 1 heterocycles. The van der Waals surface area contributed by atoms with Gasteiger partial charge in [-0.3, -0.25) is 4.99 Å². The van der Waals surface area contributed by atoms with Gasteiger partial charge in [0, 0.05) is 19.6 Å². The average molecular weight is 184 g/mol. The van der Waals surface area contributed by atoms with E-state index in [0.717, 1.165) is 38.2 Å². The molecule has 1 aliphatic rings. The predicted molar refractivity (Wildman–Crippen MR) is 54.9 cm³/mol. The molecule has 3 nitrogen and oxygen atoms in total. The van der Waals surface area contributed by atoms with Crippen LogP contribution >= 0.6 is 0 Å². The van der Waals surface area contributed by atoms with Crippen LogP contribution in [-0.4, -0.2) is 25.1 Å². The van der Waals surface area contributed by atoms with E-state index in [4.69, 9.17) is 10.5 Å². The van der Waals surface area contributed by atoms with E-state index >= 15 is 0 Å². The van der Waals surface area contributed by atoms with Crippen LogP contribution in [0, 0.1) is 5.92 Å². The zero-order valence-electron chi connectivity index (χ0n) is 8.62. The van der Waals surface area contributed by atoms with E-state index in [1.807, 2.05) is 6.92 Å². The molecule has 0 radical (unpaired) electrons. The fourth-order valence-electron chi connectivity index (χ4n) is 1.62. The maximum atomic E-state index is 5.64. The second-order valence-electron chi connectivity index (χ2n) is 3.76. The van der Waals surface area contributed by atoms with Crippen molar-refractivity contribution in [3.63, 3.8) is 0 Å². The molecule has 0 aromatic heterocycles. The van der Waals surface area contributed by atoms with Crippen molar-refractivity contribution in [2.45, 2.75) is 39.2 Å². The molecular formula is C10H20N2O. The lowest BCUT2D eigenvalue weighted by atomic mass is 9.96. The van der Waals surface area contributed by atoms with Crippen LogP contribution < -0.4 is 5.73 Å². The Morgan fingerprint density at radius 3 is 3.00 bits per heavy atom. The number of ether oxygens (including phenoxy) is 1. The number of amidine groups is 1. The highest BCUT2D eigenvalue weighted by molar-refractivity contribution is 5.79. The highest BCUT2D eigenvalue weighted by Crippen LogP contribution is 2.19. The number of aliphatic imine (C=N–C) groups is 1. The summed E-state index contributed by atoms with van der Waals surface area (Å²) in [6, 6.07) is 0. The Balaban J connectivity index is 2.28. The number of hydrogen-bond acceptors (Lipinski definition) is 2. The van der Waals surface area contributed by atoms with Crippen molar-refractivity contribution in [3.8, 4) is 0 Å². The van der Waals surface area contributed by atoms with Crippen LogP contribution in [0.15, 0.2) is 4.99 Å². The quantitative estimate of drug-likeness (QED) is 0.534. The van der Waals surface area contributed by atoms with E-state index in [2.05, 4.69) is 11.9 Å². The monoisotopic (exact) mass is 184 g/mol. The summed E-state index contributed by atoms with van der Waals surface area (Å²) < 4.78 is 5.46. The van der Waals surface area contributed by atoms with Gasteiger partial charge >= 0.3 is 0 Å². The standard InChI is InChI=1S/C10H20N2O/c1-3-10(11)12-7-9-4-5-13-8(2)6-9/h8-9H,3-7H2,1-2H3,(H2,11,12). The van der Waals surface area contributed by atoms with Crippen LogP contribution in [0.4, 0.5) is 0 Å². The van der Waals surface area contributed by atoms with Crippen LogP contribution in [0.25, 0.3) is 0 Å². The Morgan fingerprint density at radius 1 is 1.62 bits per heavy atom. The first-order valence-corrected chi connectivity index (χ1v) is 5.12. The van der Waals surface area contributed by atoms with Gasteiger partial charge < -0.3 is 10.5 Å². The maximum absolute atomic E-state index is 5.64. The minimum atomic E-state index is 0.400. The Hall–Kier alpha value is -0.570. The molecule has 0 amide bonds. The normalized spacial score (nSPS) is 30.5. The second kappa shape index (κ2) is 5.22. The molecule has 3 heteroatoms. The summed E-state index contributed by atoms with van der Waals surface area (Å²) in [6.45, 7) is 5.92. The summed E-state index contributed by atoms with van der Waals surface area (Å²) in [7, 11) is 0. The molecule has 76 valence electrons. The van der Waals surface area contributed by atoms with Gasteiger partial charge in [-0.2, -0.15) is 0 Å². The molecule has 13 heavy (non-hydrogen) atoms. The van der Waals surface area contributed by atoms with Crippen LogP contribution in [0.3, 0.4) is 0 Å². The highest BCUT2D eigenvalue weighted by atomic mass is 16.5. The first kappa shape index (κ1) is 10.5. The largest absolute Gasteiger partial charge is 0.387 e. The predicted octanol–water partition coefficient (Wildman–Crippen LogP) is 1.57. The SMILES string of the molecule is CCC(N)=NCC1CCOC(C)C1. The maximum Gasteiger partial charge on any atom is 0.0934 e. The molecule has 0 spiro atoms. The van der Waals surface area contributed by atoms with Crippen molar-refractivity contribution in [2.24, 2.45) is 16.6 Å². The summed E-state index contributed by atoms with van der Waals surface area (Å²) in [5.74, 6) is 1.45. The van der Waals surface area contributed by atoms with Crippen LogP contribution in [0.2, 0.25) is 0 Å². The first-order chi connectivity index (χ1) is 6.22. The van der Waals surface area contributed by atoms with Gasteiger partial charge in [-0.25, -0.2) is 0 Å². The molecular weight excluding hydrogens is 164 g/mol. The zero-order chi connectivity index (χ0) is 9.68. The van der Waals surface area contributed by atoms with Gasteiger partial charge in [0.25, 0.3) is 0 Å². The van der Waals surface area contributed by atoms with Gasteiger partial charge in [-0.1, -0.05) is 6.92 Å². The molecule has 2 unspecified atom stereocenters. The molecule has 2 atom stereocenters. The van der Waals surface area contributed by atoms with Crippen molar-refractivity contribution in [3.05, 3.63) is 0 Å². The van der Waals surface area contributed by atoms with Crippen molar-refractivity contribution in [1.82, 2.24) is 0 Å². The van der Waals surface area contributed by atoms with Crippen molar-refractivity contribution >= 4 is 5.84 Å². The summed E-state index contributed by atoms with van der Waals surface area (Å²) in [4.78, 5) is 4.34. The third kappa shape index (κ3) is 3.77. The lowest BCUT2D eigenvalue weighted by molar-refractivity contribution is 0.00482. The summed E-state index contributed by atoms with van der Waals surface area (Å²) in [6.07, 6.45) is 3.51. The smallest absolute Gasteiger partial charge is 0.0934 e. The molecule has 1 saturated heterocycles. The van der Waals surface area contributed by atoms with E-state index in [0.29, 0.717) is 12.0 Å². The Kier molecular flexibility index (Phi) is 4.22. The average Bonchev–Trinajstić information content (AvgIpc) is 2.14. The topological polar surface area (TPSA) is 47.6 Å². The molecule has 2 N–H and O–H groups in total. The fraction of sp³-hybridized carbons (Fsp3) is 0.900. The summed E-state index contributed by atoms with van der Waals surface area (Å²) in [5.41, 5.74) is 5.64. The van der Waals surface area contributed by atoms with Crippen molar-refractivity contribution in [1.29, 1.82) is 0 Å². The van der Waals surface area contributed by atoms with E-state index < -0.39 is 0 Å². The minimum Gasteiger partial charge on any atom is -0.387 e. The number of rotatable bonds is 3. The number of nitrogens with two attached hydrogens (primary N) is 1. The van der Waals surface area contributed by atoms with E-state index in [-0.39, 0.29) is 0 Å². The second-order valence-corrected chi connectivity index (χ2v) is 3.76. The van der Waals surface area contributed by atoms with Crippen LogP contribution in [-0.2, 0) is 4.74 Å². The Labute approximate surface area is 80.4 Å². The molecule has 1 aliphatic heterocycles. The van der Waals surface area contributed by atoms with Crippen LogP contribution in [0.1, 0.15) is 33.1 Å². The molecule has 0 aliphatic carbocycles. The van der Waals surface area contributed by atoms with Gasteiger partial charge in [0.05, 0.1) is 11.9 Å².